The molecule has 2 aromatic rings. The van der Waals surface area contributed by atoms with Gasteiger partial charge in [0.1, 0.15) is 12.4 Å². The second-order valence-electron chi connectivity index (χ2n) is 12.3. The Balaban J connectivity index is 0.00000206. The van der Waals surface area contributed by atoms with Crippen LogP contribution in [-0.2, 0) is 26.4 Å². The first-order valence-electron chi connectivity index (χ1n) is 14.8. The van der Waals surface area contributed by atoms with Crippen LogP contribution < -0.4 is 10.1 Å². The second-order valence-corrected chi connectivity index (χ2v) is 12.3. The zero-order chi connectivity index (χ0) is 32.0. The number of hydrogen-bond donors (Lipinski definition) is 2. The summed E-state index contributed by atoms with van der Waals surface area (Å²) in [5, 5.41) is 12.1. The number of para-hydroxylation sites is 1. The molecule has 2 amide bonds. The van der Waals surface area contributed by atoms with Crippen LogP contribution in [0.5, 0.6) is 5.75 Å². The number of nitrogens with zero attached hydrogens (tertiary/aromatic N) is 1. The third-order valence-corrected chi connectivity index (χ3v) is 7.11. The standard InChI is InChI=1S/C31H42N2O5.C4H10/c1-8-24(29(35)32-19-28(34)33(7)26(21(2)3)18-22(4)30(36)37)31(5,6)25-16-12-13-17-27(25)38-20-23-14-10-9-11-15-23;1-4(2)3/h9-18,21,24,26H,8,19-20H2,1-7H3,(H,32,35)(H,36,37);4H,1-3H3/b22-18+;/t24-,26-;/m1./s1. The van der Waals surface area contributed by atoms with E-state index >= 15 is 0 Å². The first-order valence-corrected chi connectivity index (χ1v) is 14.8. The van der Waals surface area contributed by atoms with E-state index in [2.05, 4.69) is 26.1 Å². The third kappa shape index (κ3) is 11.3. The van der Waals surface area contributed by atoms with Crippen LogP contribution in [0.1, 0.15) is 79.9 Å². The Hall–Kier alpha value is -3.61. The van der Waals surface area contributed by atoms with Gasteiger partial charge in [0.15, 0.2) is 0 Å². The summed E-state index contributed by atoms with van der Waals surface area (Å²) in [5.41, 5.74) is 1.59. The molecule has 2 rings (SSSR count). The molecule has 0 aliphatic rings. The van der Waals surface area contributed by atoms with Gasteiger partial charge in [-0.25, -0.2) is 4.79 Å². The molecule has 7 heteroatoms. The van der Waals surface area contributed by atoms with Crippen molar-refractivity contribution in [1.29, 1.82) is 0 Å². The lowest BCUT2D eigenvalue weighted by molar-refractivity contribution is -0.135. The SMILES string of the molecule is CC(C)C.CC[C@H](C(=O)NCC(=O)N(C)[C@H](/C=C(\C)C(=O)O)C(C)C)C(C)(C)c1ccccc1OCc1ccccc1. The van der Waals surface area contributed by atoms with Crippen LogP contribution in [0, 0.1) is 17.8 Å². The van der Waals surface area contributed by atoms with E-state index < -0.39 is 23.3 Å². The predicted octanol–water partition coefficient (Wildman–Crippen LogP) is 6.86. The molecule has 2 N–H and O–H groups in total. The highest BCUT2D eigenvalue weighted by Crippen LogP contribution is 2.39. The van der Waals surface area contributed by atoms with E-state index in [-0.39, 0.29) is 29.9 Å². The molecule has 2 atom stereocenters. The Bertz CT molecular complexity index is 1170. The highest BCUT2D eigenvalue weighted by Gasteiger charge is 2.37. The van der Waals surface area contributed by atoms with Gasteiger partial charge in [0.2, 0.25) is 11.8 Å². The van der Waals surface area contributed by atoms with E-state index in [4.69, 9.17) is 4.74 Å². The van der Waals surface area contributed by atoms with Crippen molar-refractivity contribution in [1.82, 2.24) is 10.2 Å². The van der Waals surface area contributed by atoms with E-state index in [1.807, 2.05) is 89.2 Å². The lowest BCUT2D eigenvalue weighted by Crippen LogP contribution is -2.48. The van der Waals surface area contributed by atoms with Crippen molar-refractivity contribution >= 4 is 17.8 Å². The van der Waals surface area contributed by atoms with Gasteiger partial charge >= 0.3 is 5.97 Å². The number of benzene rings is 2. The Kier molecular flexibility index (Phi) is 15.1. The fourth-order valence-corrected chi connectivity index (χ4v) is 4.73. The van der Waals surface area contributed by atoms with E-state index in [9.17, 15) is 19.5 Å². The Morgan fingerprint density at radius 3 is 2.05 bits per heavy atom. The Labute approximate surface area is 253 Å². The van der Waals surface area contributed by atoms with Crippen molar-refractivity contribution in [2.75, 3.05) is 13.6 Å². The van der Waals surface area contributed by atoms with Gasteiger partial charge < -0.3 is 20.1 Å². The topological polar surface area (TPSA) is 95.9 Å². The van der Waals surface area contributed by atoms with Crippen LogP contribution in [0.25, 0.3) is 0 Å². The van der Waals surface area contributed by atoms with Crippen molar-refractivity contribution < 1.29 is 24.2 Å². The number of carboxylic acid groups (broad SMARTS) is 1. The summed E-state index contributed by atoms with van der Waals surface area (Å²) in [7, 11) is 1.63. The number of likely N-dealkylation sites (N-methyl/N-ethyl adjacent to an activating group) is 1. The average Bonchev–Trinajstić information content (AvgIpc) is 2.93. The van der Waals surface area contributed by atoms with Gasteiger partial charge in [0.05, 0.1) is 12.6 Å². The molecule has 0 aliphatic heterocycles. The number of carbonyl (C=O) groups is 3. The van der Waals surface area contributed by atoms with Crippen molar-refractivity contribution in [3.8, 4) is 5.75 Å². The third-order valence-electron chi connectivity index (χ3n) is 7.11. The van der Waals surface area contributed by atoms with Gasteiger partial charge in [-0.1, -0.05) is 110 Å². The van der Waals surface area contributed by atoms with Crippen LogP contribution in [0.2, 0.25) is 0 Å². The lowest BCUT2D eigenvalue weighted by Gasteiger charge is -2.35. The number of carbonyl (C=O) groups excluding carboxylic acids is 2. The van der Waals surface area contributed by atoms with Gasteiger partial charge in [-0.05, 0) is 36.8 Å². The number of hydrogen-bond acceptors (Lipinski definition) is 4. The molecule has 0 aromatic heterocycles. The molecule has 0 aliphatic carbocycles. The molecule has 0 unspecified atom stereocenters. The van der Waals surface area contributed by atoms with Crippen LogP contribution in [0.4, 0.5) is 0 Å². The van der Waals surface area contributed by atoms with E-state index in [1.165, 1.54) is 11.8 Å². The maximum Gasteiger partial charge on any atom is 0.331 e. The van der Waals surface area contributed by atoms with Gasteiger partial charge in [0, 0.05) is 29.5 Å². The van der Waals surface area contributed by atoms with Crippen molar-refractivity contribution in [3.05, 3.63) is 77.4 Å². The molecule has 0 spiro atoms. The van der Waals surface area contributed by atoms with E-state index in [0.717, 1.165) is 22.8 Å². The summed E-state index contributed by atoms with van der Waals surface area (Å²) in [6.45, 7) is 18.1. The smallest absolute Gasteiger partial charge is 0.331 e. The van der Waals surface area contributed by atoms with Crippen LogP contribution in [-0.4, -0.2) is 47.4 Å². The largest absolute Gasteiger partial charge is 0.489 e. The summed E-state index contributed by atoms with van der Waals surface area (Å²) < 4.78 is 6.17. The number of ether oxygens (including phenoxy) is 1. The number of rotatable bonds is 13. The number of nitrogens with one attached hydrogen (secondary N) is 1. The molecule has 0 bridgehead atoms. The molecular weight excluding hydrogens is 528 g/mol. The molecule has 0 radical (unpaired) electrons. The van der Waals surface area contributed by atoms with Crippen molar-refractivity contribution in [2.45, 2.75) is 86.8 Å². The highest BCUT2D eigenvalue weighted by molar-refractivity contribution is 5.88. The first-order chi connectivity index (χ1) is 19.6. The fraction of sp³-hybridized carbons (Fsp3) is 0.514. The Morgan fingerprint density at radius 2 is 1.52 bits per heavy atom. The fourth-order valence-electron chi connectivity index (χ4n) is 4.73. The molecule has 0 fully saturated rings. The van der Waals surface area contributed by atoms with Gasteiger partial charge in [-0.3, -0.25) is 9.59 Å². The first kappa shape index (κ1) is 36.4. The van der Waals surface area contributed by atoms with Gasteiger partial charge in [-0.2, -0.15) is 0 Å². The van der Waals surface area contributed by atoms with Crippen molar-refractivity contribution in [3.63, 3.8) is 0 Å². The zero-order valence-electron chi connectivity index (χ0n) is 27.2. The second kappa shape index (κ2) is 17.4. The van der Waals surface area contributed by atoms with E-state index in [0.29, 0.717) is 13.0 Å². The minimum atomic E-state index is -1.02. The van der Waals surface area contributed by atoms with E-state index in [1.54, 1.807) is 13.1 Å². The quantitative estimate of drug-likeness (QED) is 0.252. The average molecular weight is 581 g/mol. The Morgan fingerprint density at radius 1 is 0.976 bits per heavy atom. The summed E-state index contributed by atoms with van der Waals surface area (Å²) in [6, 6.07) is 17.3. The predicted molar refractivity (Wildman–Crippen MR) is 170 cm³/mol. The molecule has 0 saturated heterocycles. The number of amides is 2. The molecule has 0 saturated carbocycles. The minimum absolute atomic E-state index is 0.00339. The van der Waals surface area contributed by atoms with Crippen LogP contribution in [0.15, 0.2) is 66.2 Å². The van der Waals surface area contributed by atoms with Crippen LogP contribution >= 0.6 is 0 Å². The summed E-state index contributed by atoms with van der Waals surface area (Å²) in [4.78, 5) is 39.1. The van der Waals surface area contributed by atoms with Crippen LogP contribution in [0.3, 0.4) is 0 Å². The zero-order valence-corrected chi connectivity index (χ0v) is 27.2. The number of carboxylic acids is 1. The molecule has 2 aromatic carbocycles. The number of aliphatic carboxylic acids is 1. The molecule has 232 valence electrons. The summed E-state index contributed by atoms with van der Waals surface area (Å²) >= 11 is 0. The molecule has 7 nitrogen and oxygen atoms in total. The lowest BCUT2D eigenvalue weighted by atomic mass is 9.71. The molecule has 0 heterocycles. The summed E-state index contributed by atoms with van der Waals surface area (Å²) in [5.74, 6) is -0.364. The van der Waals surface area contributed by atoms with Gasteiger partial charge in [0.25, 0.3) is 0 Å². The maximum absolute atomic E-state index is 13.4. The summed E-state index contributed by atoms with van der Waals surface area (Å²) in [6.07, 6.45) is 2.15. The highest BCUT2D eigenvalue weighted by atomic mass is 16.5. The van der Waals surface area contributed by atoms with Crippen molar-refractivity contribution in [2.24, 2.45) is 17.8 Å². The minimum Gasteiger partial charge on any atom is -0.489 e. The molecule has 42 heavy (non-hydrogen) atoms. The normalized spacial score (nSPS) is 13.1. The van der Waals surface area contributed by atoms with Gasteiger partial charge in [-0.15, -0.1) is 0 Å². The monoisotopic (exact) mass is 580 g/mol. The maximum atomic E-state index is 13.4. The molecular formula is C35H52N2O5.